The van der Waals surface area contributed by atoms with Crippen LogP contribution in [0.5, 0.6) is 0 Å². The van der Waals surface area contributed by atoms with Crippen LogP contribution in [0, 0.1) is 5.92 Å². The maximum atomic E-state index is 11.3. The smallest absolute Gasteiger partial charge is 0.222 e. The largest absolute Gasteiger partial charge is 0.369 e. The Kier molecular flexibility index (Phi) is 3.49. The number of para-hydroxylation sites is 1. The molecule has 1 aromatic heterocycles. The molecule has 4 heteroatoms. The second-order valence-corrected chi connectivity index (χ2v) is 5.78. The van der Waals surface area contributed by atoms with Gasteiger partial charge in [-0.25, -0.2) is 0 Å². The van der Waals surface area contributed by atoms with Gasteiger partial charge in [0.05, 0.1) is 5.92 Å². The van der Waals surface area contributed by atoms with Crippen molar-refractivity contribution < 1.29 is 4.79 Å². The molecule has 2 aromatic rings. The van der Waals surface area contributed by atoms with Gasteiger partial charge in [-0.15, -0.1) is 0 Å². The van der Waals surface area contributed by atoms with Crippen molar-refractivity contribution >= 4 is 16.8 Å². The van der Waals surface area contributed by atoms with Crippen LogP contribution in [0.3, 0.4) is 0 Å². The maximum absolute atomic E-state index is 11.3. The Labute approximate surface area is 118 Å². The van der Waals surface area contributed by atoms with Gasteiger partial charge in [0, 0.05) is 36.2 Å². The molecular weight excluding hydrogens is 250 g/mol. The average molecular weight is 271 g/mol. The first-order valence-corrected chi connectivity index (χ1v) is 7.24. The van der Waals surface area contributed by atoms with Gasteiger partial charge < -0.3 is 15.6 Å². The van der Waals surface area contributed by atoms with E-state index in [1.807, 2.05) is 13.0 Å². The molecule has 0 radical (unpaired) electrons. The van der Waals surface area contributed by atoms with Crippen LogP contribution in [0.4, 0.5) is 0 Å². The number of fused-ring (bicyclic) bond motifs is 1. The minimum atomic E-state index is -0.250. The van der Waals surface area contributed by atoms with Crippen LogP contribution < -0.4 is 11.1 Å². The molecule has 106 valence electrons. The number of carbonyl (C=O) groups is 1. The lowest BCUT2D eigenvalue weighted by Crippen LogP contribution is -2.24. The molecule has 1 atom stereocenters. The van der Waals surface area contributed by atoms with Crippen molar-refractivity contribution in [2.45, 2.75) is 38.9 Å². The van der Waals surface area contributed by atoms with Gasteiger partial charge in [-0.05, 0) is 24.5 Å². The number of nitrogens with one attached hydrogen (secondary N) is 1. The number of carbonyl (C=O) groups excluding carboxylic acids is 1. The number of rotatable bonds is 6. The van der Waals surface area contributed by atoms with Crippen LogP contribution in [-0.4, -0.2) is 16.5 Å². The molecule has 3 N–H and O–H groups in total. The topological polar surface area (TPSA) is 60.1 Å². The molecule has 1 aromatic carbocycles. The van der Waals surface area contributed by atoms with E-state index in [9.17, 15) is 4.79 Å². The van der Waals surface area contributed by atoms with Crippen LogP contribution in [0.15, 0.2) is 30.5 Å². The Morgan fingerprint density at radius 3 is 2.90 bits per heavy atom. The first kappa shape index (κ1) is 13.2. The molecule has 0 spiro atoms. The Bertz CT molecular complexity index is 628. The second kappa shape index (κ2) is 5.29. The molecule has 0 bridgehead atoms. The van der Waals surface area contributed by atoms with Gasteiger partial charge in [0.25, 0.3) is 0 Å². The number of benzene rings is 1. The first-order valence-electron chi connectivity index (χ1n) is 7.24. The zero-order chi connectivity index (χ0) is 14.1. The van der Waals surface area contributed by atoms with Crippen LogP contribution in [-0.2, 0) is 17.9 Å². The van der Waals surface area contributed by atoms with Crippen molar-refractivity contribution in [1.82, 2.24) is 9.88 Å². The third-order valence-corrected chi connectivity index (χ3v) is 3.99. The lowest BCUT2D eigenvalue weighted by atomic mass is 10.1. The molecule has 1 fully saturated rings. The predicted octanol–water partition coefficient (Wildman–Crippen LogP) is 2.01. The highest BCUT2D eigenvalue weighted by atomic mass is 16.1. The van der Waals surface area contributed by atoms with E-state index in [4.69, 9.17) is 5.73 Å². The number of amides is 1. The molecule has 1 unspecified atom stereocenters. The van der Waals surface area contributed by atoms with Gasteiger partial charge in [-0.3, -0.25) is 4.79 Å². The van der Waals surface area contributed by atoms with E-state index in [2.05, 4.69) is 34.3 Å². The fraction of sp³-hybridized carbons (Fsp3) is 0.438. The molecule has 3 rings (SSSR count). The molecule has 1 saturated carbocycles. The van der Waals surface area contributed by atoms with Gasteiger partial charge in [0.2, 0.25) is 5.91 Å². The van der Waals surface area contributed by atoms with Gasteiger partial charge in [0.1, 0.15) is 0 Å². The van der Waals surface area contributed by atoms with Crippen LogP contribution in [0.25, 0.3) is 10.9 Å². The van der Waals surface area contributed by atoms with E-state index in [1.54, 1.807) is 0 Å². The first-order chi connectivity index (χ1) is 9.65. The number of aromatic nitrogens is 1. The van der Waals surface area contributed by atoms with Crippen molar-refractivity contribution in [2.24, 2.45) is 11.7 Å². The van der Waals surface area contributed by atoms with E-state index < -0.39 is 0 Å². The SMILES string of the molecule is CC(Cn1cc(CNC2CC2)c2ccccc21)C(N)=O. The standard InChI is InChI=1S/C16H21N3O/c1-11(16(17)20)9-19-10-12(8-18-13-6-7-13)14-4-2-3-5-15(14)19/h2-5,10-11,13,18H,6-9H2,1H3,(H2,17,20). The van der Waals surface area contributed by atoms with Crippen molar-refractivity contribution in [2.75, 3.05) is 0 Å². The van der Waals surface area contributed by atoms with Crippen molar-refractivity contribution in [3.05, 3.63) is 36.0 Å². The van der Waals surface area contributed by atoms with E-state index in [0.717, 1.165) is 6.54 Å². The fourth-order valence-corrected chi connectivity index (χ4v) is 2.54. The van der Waals surface area contributed by atoms with Gasteiger partial charge in [-0.1, -0.05) is 25.1 Å². The van der Waals surface area contributed by atoms with Gasteiger partial charge in [-0.2, -0.15) is 0 Å². The van der Waals surface area contributed by atoms with Gasteiger partial charge >= 0.3 is 0 Å². The fourth-order valence-electron chi connectivity index (χ4n) is 2.54. The number of hydrogen-bond acceptors (Lipinski definition) is 2. The quantitative estimate of drug-likeness (QED) is 0.844. The third-order valence-electron chi connectivity index (χ3n) is 3.99. The summed E-state index contributed by atoms with van der Waals surface area (Å²) in [5.41, 5.74) is 7.85. The van der Waals surface area contributed by atoms with Crippen molar-refractivity contribution in [1.29, 1.82) is 0 Å². The number of nitrogens with zero attached hydrogens (tertiary/aromatic N) is 1. The van der Waals surface area contributed by atoms with E-state index >= 15 is 0 Å². The molecule has 20 heavy (non-hydrogen) atoms. The van der Waals surface area contributed by atoms with E-state index in [1.165, 1.54) is 29.3 Å². The summed E-state index contributed by atoms with van der Waals surface area (Å²) >= 11 is 0. The van der Waals surface area contributed by atoms with Crippen LogP contribution in [0.1, 0.15) is 25.3 Å². The highest BCUT2D eigenvalue weighted by Crippen LogP contribution is 2.24. The Morgan fingerprint density at radius 1 is 1.45 bits per heavy atom. The number of nitrogens with two attached hydrogens (primary N) is 1. The lowest BCUT2D eigenvalue weighted by Gasteiger charge is -2.09. The Hall–Kier alpha value is -1.81. The van der Waals surface area contributed by atoms with Gasteiger partial charge in [0.15, 0.2) is 0 Å². The second-order valence-electron chi connectivity index (χ2n) is 5.78. The molecule has 1 aliphatic carbocycles. The lowest BCUT2D eigenvalue weighted by molar-refractivity contribution is -0.121. The molecule has 0 aliphatic heterocycles. The molecule has 1 amide bonds. The monoisotopic (exact) mass is 271 g/mol. The minimum Gasteiger partial charge on any atom is -0.369 e. The van der Waals surface area contributed by atoms with Crippen LogP contribution >= 0.6 is 0 Å². The Morgan fingerprint density at radius 2 is 2.20 bits per heavy atom. The predicted molar refractivity (Wildman–Crippen MR) is 80.2 cm³/mol. The summed E-state index contributed by atoms with van der Waals surface area (Å²) in [6.07, 6.45) is 4.73. The summed E-state index contributed by atoms with van der Waals surface area (Å²) in [6, 6.07) is 9.03. The summed E-state index contributed by atoms with van der Waals surface area (Å²) < 4.78 is 2.15. The minimum absolute atomic E-state index is 0.157. The molecule has 4 nitrogen and oxygen atoms in total. The molecule has 1 aliphatic rings. The van der Waals surface area contributed by atoms with Crippen LogP contribution in [0.2, 0.25) is 0 Å². The third kappa shape index (κ3) is 2.70. The zero-order valence-corrected chi connectivity index (χ0v) is 11.8. The number of hydrogen-bond donors (Lipinski definition) is 2. The highest BCUT2D eigenvalue weighted by Gasteiger charge is 2.21. The highest BCUT2D eigenvalue weighted by molar-refractivity contribution is 5.84. The van der Waals surface area contributed by atoms with Crippen molar-refractivity contribution in [3.63, 3.8) is 0 Å². The average Bonchev–Trinajstić information content (AvgIpc) is 3.20. The molecule has 0 saturated heterocycles. The summed E-state index contributed by atoms with van der Waals surface area (Å²) in [5.74, 6) is -0.407. The molecular formula is C16H21N3O. The molecule has 1 heterocycles. The Balaban J connectivity index is 1.88. The van der Waals surface area contributed by atoms with E-state index in [-0.39, 0.29) is 11.8 Å². The zero-order valence-electron chi connectivity index (χ0n) is 11.8. The van der Waals surface area contributed by atoms with Crippen molar-refractivity contribution in [3.8, 4) is 0 Å². The summed E-state index contributed by atoms with van der Waals surface area (Å²) in [6.45, 7) is 3.40. The maximum Gasteiger partial charge on any atom is 0.222 e. The normalized spacial score (nSPS) is 16.4. The summed E-state index contributed by atoms with van der Waals surface area (Å²) in [7, 11) is 0. The number of primary amides is 1. The summed E-state index contributed by atoms with van der Waals surface area (Å²) in [4.78, 5) is 11.3. The summed E-state index contributed by atoms with van der Waals surface area (Å²) in [5, 5.41) is 4.81. The van der Waals surface area contributed by atoms with E-state index in [0.29, 0.717) is 12.6 Å².